The van der Waals surface area contributed by atoms with Gasteiger partial charge in [-0.2, -0.15) is 0 Å². The summed E-state index contributed by atoms with van der Waals surface area (Å²) in [6.45, 7) is -0.120. The summed E-state index contributed by atoms with van der Waals surface area (Å²) >= 11 is 0. The minimum atomic E-state index is -4.95. The summed E-state index contributed by atoms with van der Waals surface area (Å²) in [5.74, 6) is -2.08. The molecule has 0 amide bonds. The number of nitrogens with zero attached hydrogens (tertiary/aromatic N) is 1. The Kier molecular flexibility index (Phi) is 3.96. The second kappa shape index (κ2) is 5.08. The van der Waals surface area contributed by atoms with E-state index in [9.17, 15) is 18.0 Å². The van der Waals surface area contributed by atoms with Gasteiger partial charge < -0.3 is 21.3 Å². The van der Waals surface area contributed by atoms with Crippen molar-refractivity contribution < 1.29 is 27.8 Å². The van der Waals surface area contributed by atoms with E-state index in [4.69, 9.17) is 16.6 Å². The van der Waals surface area contributed by atoms with Gasteiger partial charge in [-0.05, 0) is 0 Å². The summed E-state index contributed by atoms with van der Waals surface area (Å²) in [6, 6.07) is 0. The average Bonchev–Trinajstić information content (AvgIpc) is 2.21. The number of aromatic nitrogens is 1. The monoisotopic (exact) mass is 265 g/mol. The molecule has 1 aromatic rings. The molecule has 6 nitrogen and oxygen atoms in total. The molecule has 0 spiro atoms. The highest BCUT2D eigenvalue weighted by atomic mass is 19.4. The predicted molar refractivity (Wildman–Crippen MR) is 54.6 cm³/mol. The van der Waals surface area contributed by atoms with Crippen LogP contribution < -0.4 is 16.2 Å². The summed E-state index contributed by atoms with van der Waals surface area (Å²) in [5.41, 5.74) is 10.4. The number of hydrogen-bond acceptors (Lipinski definition) is 5. The van der Waals surface area contributed by atoms with Crippen LogP contribution in [0.4, 0.5) is 18.9 Å². The number of carbonyl (C=O) groups is 1. The molecule has 18 heavy (non-hydrogen) atoms. The summed E-state index contributed by atoms with van der Waals surface area (Å²) in [4.78, 5) is 14.2. The van der Waals surface area contributed by atoms with Crippen LogP contribution in [0, 0.1) is 0 Å². The van der Waals surface area contributed by atoms with Crippen molar-refractivity contribution in [1.82, 2.24) is 4.98 Å². The number of nitrogen functional groups attached to an aromatic ring is 1. The number of rotatable bonds is 4. The standard InChI is InChI=1S/C9H10F3N3O3/c10-9(11,12)18-6-3-15-5(2-13)8(14)4(6)1-7(16)17/h3H,1-2,13-14H2,(H,16,17). The fourth-order valence-corrected chi connectivity index (χ4v) is 1.30. The molecule has 9 heteroatoms. The zero-order valence-corrected chi connectivity index (χ0v) is 8.99. The summed E-state index contributed by atoms with van der Waals surface area (Å²) in [5, 5.41) is 8.63. The molecule has 0 saturated carbocycles. The van der Waals surface area contributed by atoms with Gasteiger partial charge >= 0.3 is 12.3 Å². The third-order valence-electron chi connectivity index (χ3n) is 2.02. The lowest BCUT2D eigenvalue weighted by molar-refractivity contribution is -0.275. The molecule has 0 aliphatic carbocycles. The normalized spacial score (nSPS) is 11.3. The molecule has 0 unspecified atom stereocenters. The van der Waals surface area contributed by atoms with Gasteiger partial charge in [-0.1, -0.05) is 0 Å². The highest BCUT2D eigenvalue weighted by Gasteiger charge is 2.33. The lowest BCUT2D eigenvalue weighted by Crippen LogP contribution is -2.20. The van der Waals surface area contributed by atoms with E-state index in [0.29, 0.717) is 0 Å². The second-order valence-corrected chi connectivity index (χ2v) is 3.28. The third kappa shape index (κ3) is 3.48. The summed E-state index contributed by atoms with van der Waals surface area (Å²) in [6.07, 6.45) is -4.91. The molecular formula is C9H10F3N3O3. The Bertz CT molecular complexity index is 462. The molecule has 100 valence electrons. The topological polar surface area (TPSA) is 111 Å². The van der Waals surface area contributed by atoms with Crippen molar-refractivity contribution in [2.75, 3.05) is 5.73 Å². The van der Waals surface area contributed by atoms with Crippen molar-refractivity contribution in [2.24, 2.45) is 5.73 Å². The zero-order valence-electron chi connectivity index (χ0n) is 8.99. The largest absolute Gasteiger partial charge is 0.573 e. The first-order valence-corrected chi connectivity index (χ1v) is 4.68. The van der Waals surface area contributed by atoms with Crippen LogP contribution >= 0.6 is 0 Å². The van der Waals surface area contributed by atoms with Gasteiger partial charge in [0.25, 0.3) is 0 Å². The minimum absolute atomic E-state index is 0.112. The van der Waals surface area contributed by atoms with E-state index in [1.54, 1.807) is 0 Å². The fourth-order valence-electron chi connectivity index (χ4n) is 1.30. The molecule has 1 rings (SSSR count). The Balaban J connectivity index is 3.24. The number of halogens is 3. The van der Waals surface area contributed by atoms with Crippen molar-refractivity contribution in [3.8, 4) is 5.75 Å². The SMILES string of the molecule is NCc1ncc(OC(F)(F)F)c(CC(=O)O)c1N. The molecule has 1 heterocycles. The summed E-state index contributed by atoms with van der Waals surface area (Å²) in [7, 11) is 0. The predicted octanol–water partition coefficient (Wildman–Crippen LogP) is 0.648. The van der Waals surface area contributed by atoms with E-state index in [1.807, 2.05) is 0 Å². The van der Waals surface area contributed by atoms with Crippen molar-refractivity contribution in [2.45, 2.75) is 19.3 Å². The smallest absolute Gasteiger partial charge is 0.481 e. The highest BCUT2D eigenvalue weighted by Crippen LogP contribution is 2.31. The van der Waals surface area contributed by atoms with E-state index >= 15 is 0 Å². The quantitative estimate of drug-likeness (QED) is 0.736. The Morgan fingerprint density at radius 3 is 2.56 bits per heavy atom. The third-order valence-corrected chi connectivity index (χ3v) is 2.02. The molecule has 0 aliphatic heterocycles. The van der Waals surface area contributed by atoms with Gasteiger partial charge in [0.2, 0.25) is 0 Å². The lowest BCUT2D eigenvalue weighted by Gasteiger charge is -2.15. The maximum Gasteiger partial charge on any atom is 0.573 e. The molecular weight excluding hydrogens is 255 g/mol. The van der Waals surface area contributed by atoms with Gasteiger partial charge in [-0.25, -0.2) is 0 Å². The molecule has 0 fully saturated rings. The maximum absolute atomic E-state index is 12.1. The average molecular weight is 265 g/mol. The van der Waals surface area contributed by atoms with Gasteiger partial charge in [-0.3, -0.25) is 9.78 Å². The minimum Gasteiger partial charge on any atom is -0.481 e. The molecule has 0 aromatic carbocycles. The van der Waals surface area contributed by atoms with E-state index in [2.05, 4.69) is 9.72 Å². The van der Waals surface area contributed by atoms with Crippen molar-refractivity contribution in [1.29, 1.82) is 0 Å². The zero-order chi connectivity index (χ0) is 13.9. The number of anilines is 1. The Labute approximate surface area is 99.4 Å². The van der Waals surface area contributed by atoms with Gasteiger partial charge in [0.15, 0.2) is 5.75 Å². The highest BCUT2D eigenvalue weighted by molar-refractivity contribution is 5.75. The fraction of sp³-hybridized carbons (Fsp3) is 0.333. The first kappa shape index (κ1) is 14.0. The molecule has 0 saturated heterocycles. The molecule has 1 aromatic heterocycles. The van der Waals surface area contributed by atoms with Gasteiger partial charge in [0.05, 0.1) is 24.0 Å². The number of carboxylic acid groups (broad SMARTS) is 1. The Morgan fingerprint density at radius 2 is 2.11 bits per heavy atom. The number of alkyl halides is 3. The van der Waals surface area contributed by atoms with Gasteiger partial charge in [-0.15, -0.1) is 13.2 Å². The van der Waals surface area contributed by atoms with E-state index in [0.717, 1.165) is 6.20 Å². The van der Waals surface area contributed by atoms with Crippen LogP contribution in [0.1, 0.15) is 11.3 Å². The Morgan fingerprint density at radius 1 is 1.50 bits per heavy atom. The number of aliphatic carboxylic acids is 1. The molecule has 0 aliphatic rings. The number of pyridine rings is 1. The molecule has 5 N–H and O–H groups in total. The Hall–Kier alpha value is -2.03. The van der Waals surface area contributed by atoms with Crippen molar-refractivity contribution in [3.63, 3.8) is 0 Å². The molecule has 0 atom stereocenters. The lowest BCUT2D eigenvalue weighted by atomic mass is 10.1. The van der Waals surface area contributed by atoms with Crippen LogP contribution in [0.3, 0.4) is 0 Å². The summed E-state index contributed by atoms with van der Waals surface area (Å²) < 4.78 is 40.0. The van der Waals surface area contributed by atoms with Gasteiger partial charge in [0.1, 0.15) is 0 Å². The van der Waals surface area contributed by atoms with E-state index < -0.39 is 24.5 Å². The van der Waals surface area contributed by atoms with Crippen LogP contribution in [0.5, 0.6) is 5.75 Å². The number of ether oxygens (including phenoxy) is 1. The number of hydrogen-bond donors (Lipinski definition) is 3. The van der Waals surface area contributed by atoms with Crippen molar-refractivity contribution in [3.05, 3.63) is 17.5 Å². The van der Waals surface area contributed by atoms with Gasteiger partial charge in [0, 0.05) is 12.1 Å². The number of carboxylic acids is 1. The van der Waals surface area contributed by atoms with Crippen LogP contribution in [0.25, 0.3) is 0 Å². The van der Waals surface area contributed by atoms with Crippen LogP contribution in [0.15, 0.2) is 6.20 Å². The van der Waals surface area contributed by atoms with Crippen LogP contribution in [-0.2, 0) is 17.8 Å². The van der Waals surface area contributed by atoms with Crippen LogP contribution in [0.2, 0.25) is 0 Å². The second-order valence-electron chi connectivity index (χ2n) is 3.28. The number of nitrogens with two attached hydrogens (primary N) is 2. The first-order chi connectivity index (χ1) is 8.24. The van der Waals surface area contributed by atoms with E-state index in [1.165, 1.54) is 0 Å². The van der Waals surface area contributed by atoms with E-state index in [-0.39, 0.29) is 23.5 Å². The molecule has 0 bridgehead atoms. The maximum atomic E-state index is 12.1. The molecule has 0 radical (unpaired) electrons. The van der Waals surface area contributed by atoms with Crippen molar-refractivity contribution >= 4 is 11.7 Å². The van der Waals surface area contributed by atoms with Crippen LogP contribution in [-0.4, -0.2) is 22.4 Å². The first-order valence-electron chi connectivity index (χ1n) is 4.68.